The fraction of sp³-hybridized carbons (Fsp3) is 0.727. The van der Waals surface area contributed by atoms with Gasteiger partial charge in [-0.05, 0) is 0 Å². The maximum Gasteiger partial charge on any atom is 0.416 e. The molecule has 19 heavy (non-hydrogen) atoms. The Hall–Kier alpha value is -1.67. The van der Waals surface area contributed by atoms with Gasteiger partial charge in [-0.2, -0.15) is 0 Å². The number of cyclic esters (lactones) is 1. The van der Waals surface area contributed by atoms with Crippen LogP contribution in [0.15, 0.2) is 0 Å². The SMILES string of the molecule is COC(=O)C1COCCN1CC(=O)N1CCOC1=O. The van der Waals surface area contributed by atoms with E-state index < -0.39 is 18.1 Å². The van der Waals surface area contributed by atoms with E-state index in [0.29, 0.717) is 13.2 Å². The van der Waals surface area contributed by atoms with Crippen molar-refractivity contribution in [2.45, 2.75) is 6.04 Å². The maximum atomic E-state index is 12.0. The van der Waals surface area contributed by atoms with Crippen molar-refractivity contribution in [2.24, 2.45) is 0 Å². The van der Waals surface area contributed by atoms with Crippen molar-refractivity contribution in [3.05, 3.63) is 0 Å². The third-order valence-corrected chi connectivity index (χ3v) is 3.11. The smallest absolute Gasteiger partial charge is 0.416 e. The molecule has 0 spiro atoms. The van der Waals surface area contributed by atoms with Gasteiger partial charge in [0.05, 0.1) is 33.4 Å². The summed E-state index contributed by atoms with van der Waals surface area (Å²) in [5, 5.41) is 0. The summed E-state index contributed by atoms with van der Waals surface area (Å²) >= 11 is 0. The molecule has 2 aliphatic heterocycles. The van der Waals surface area contributed by atoms with Crippen LogP contribution < -0.4 is 0 Å². The maximum absolute atomic E-state index is 12.0. The van der Waals surface area contributed by atoms with Crippen molar-refractivity contribution >= 4 is 18.0 Å². The van der Waals surface area contributed by atoms with E-state index in [0.717, 1.165) is 4.90 Å². The number of ether oxygens (including phenoxy) is 3. The van der Waals surface area contributed by atoms with Gasteiger partial charge in [0.25, 0.3) is 0 Å². The molecule has 0 aromatic heterocycles. The lowest BCUT2D eigenvalue weighted by atomic mass is 10.2. The Labute approximate surface area is 110 Å². The number of nitrogens with zero attached hydrogens (tertiary/aromatic N) is 2. The quantitative estimate of drug-likeness (QED) is 0.599. The minimum Gasteiger partial charge on any atom is -0.468 e. The van der Waals surface area contributed by atoms with Crippen molar-refractivity contribution in [3.8, 4) is 0 Å². The average Bonchev–Trinajstić information content (AvgIpc) is 2.85. The predicted molar refractivity (Wildman–Crippen MR) is 61.3 cm³/mol. The molecule has 2 rings (SSSR count). The molecule has 8 nitrogen and oxygen atoms in total. The highest BCUT2D eigenvalue weighted by Crippen LogP contribution is 2.11. The van der Waals surface area contributed by atoms with Gasteiger partial charge >= 0.3 is 12.1 Å². The largest absolute Gasteiger partial charge is 0.468 e. The molecule has 0 aromatic carbocycles. The molecule has 106 valence electrons. The molecule has 0 aromatic rings. The zero-order valence-corrected chi connectivity index (χ0v) is 10.7. The normalized spacial score (nSPS) is 24.2. The van der Waals surface area contributed by atoms with E-state index in [-0.39, 0.29) is 32.2 Å². The second kappa shape index (κ2) is 5.98. The van der Waals surface area contributed by atoms with E-state index in [4.69, 9.17) is 9.47 Å². The first kappa shape index (κ1) is 13.8. The van der Waals surface area contributed by atoms with Crippen molar-refractivity contribution in [2.75, 3.05) is 46.6 Å². The molecular formula is C11H16N2O6. The van der Waals surface area contributed by atoms with Crippen LogP contribution in [0.4, 0.5) is 4.79 Å². The lowest BCUT2D eigenvalue weighted by Gasteiger charge is -2.33. The summed E-state index contributed by atoms with van der Waals surface area (Å²) in [7, 11) is 1.29. The van der Waals surface area contributed by atoms with Gasteiger partial charge in [0.2, 0.25) is 5.91 Å². The molecule has 0 saturated carbocycles. The van der Waals surface area contributed by atoms with Crippen LogP contribution in [0.3, 0.4) is 0 Å². The molecule has 1 atom stereocenters. The molecule has 2 fully saturated rings. The second-order valence-corrected chi connectivity index (χ2v) is 4.24. The Balaban J connectivity index is 1.97. The van der Waals surface area contributed by atoms with Crippen molar-refractivity contribution in [1.29, 1.82) is 0 Å². The highest BCUT2D eigenvalue weighted by molar-refractivity contribution is 5.94. The molecule has 8 heteroatoms. The number of methoxy groups -OCH3 is 1. The number of carbonyl (C=O) groups is 3. The van der Waals surface area contributed by atoms with Gasteiger partial charge in [0.15, 0.2) is 0 Å². The summed E-state index contributed by atoms with van der Waals surface area (Å²) in [6, 6.07) is -0.610. The van der Waals surface area contributed by atoms with Crippen LogP contribution >= 0.6 is 0 Å². The minimum absolute atomic E-state index is 0.0295. The number of amides is 2. The van der Waals surface area contributed by atoms with E-state index >= 15 is 0 Å². The van der Waals surface area contributed by atoms with E-state index in [1.54, 1.807) is 4.90 Å². The Morgan fingerprint density at radius 3 is 2.79 bits per heavy atom. The topological polar surface area (TPSA) is 85.4 Å². The number of carbonyl (C=O) groups excluding carboxylic acids is 3. The Morgan fingerprint density at radius 2 is 2.16 bits per heavy atom. The van der Waals surface area contributed by atoms with Gasteiger partial charge in [0, 0.05) is 6.54 Å². The Kier molecular flexibility index (Phi) is 4.33. The lowest BCUT2D eigenvalue weighted by Crippen LogP contribution is -2.54. The van der Waals surface area contributed by atoms with E-state index in [9.17, 15) is 14.4 Å². The summed E-state index contributed by atoms with van der Waals surface area (Å²) in [6.45, 7) is 1.50. The van der Waals surface area contributed by atoms with Gasteiger partial charge in [-0.25, -0.2) is 9.69 Å². The van der Waals surface area contributed by atoms with E-state index in [1.807, 2.05) is 0 Å². The first-order chi connectivity index (χ1) is 9.13. The first-order valence-electron chi connectivity index (χ1n) is 6.00. The van der Waals surface area contributed by atoms with Crippen molar-refractivity contribution < 1.29 is 28.6 Å². The molecule has 0 aliphatic carbocycles. The number of esters is 1. The van der Waals surface area contributed by atoms with Crippen LogP contribution in [-0.4, -0.2) is 80.4 Å². The Bertz CT molecular complexity index is 385. The number of hydrogen-bond donors (Lipinski definition) is 0. The molecule has 0 bridgehead atoms. The monoisotopic (exact) mass is 272 g/mol. The predicted octanol–water partition coefficient (Wildman–Crippen LogP) is -1.16. The standard InChI is InChI=1S/C11H16N2O6/c1-17-10(15)8-7-18-4-2-12(8)6-9(14)13-3-5-19-11(13)16/h8H,2-7H2,1H3. The molecule has 1 unspecified atom stereocenters. The molecule has 2 amide bonds. The van der Waals surface area contributed by atoms with E-state index in [1.165, 1.54) is 7.11 Å². The highest BCUT2D eigenvalue weighted by Gasteiger charge is 2.35. The third kappa shape index (κ3) is 3.02. The second-order valence-electron chi connectivity index (χ2n) is 4.24. The molecule has 2 saturated heterocycles. The third-order valence-electron chi connectivity index (χ3n) is 3.11. The molecule has 2 aliphatic rings. The summed E-state index contributed by atoms with van der Waals surface area (Å²) in [5.74, 6) is -0.824. The zero-order valence-electron chi connectivity index (χ0n) is 10.7. The summed E-state index contributed by atoms with van der Waals surface area (Å²) in [4.78, 5) is 37.5. The summed E-state index contributed by atoms with van der Waals surface area (Å²) < 4.78 is 14.6. The van der Waals surface area contributed by atoms with Crippen molar-refractivity contribution in [3.63, 3.8) is 0 Å². The van der Waals surface area contributed by atoms with Crippen LogP contribution in [0, 0.1) is 0 Å². The lowest BCUT2D eigenvalue weighted by molar-refractivity contribution is -0.154. The van der Waals surface area contributed by atoms with Gasteiger partial charge in [-0.15, -0.1) is 0 Å². The average molecular weight is 272 g/mol. The number of imide groups is 1. The fourth-order valence-electron chi connectivity index (χ4n) is 2.06. The van der Waals surface area contributed by atoms with Gasteiger partial charge in [-0.1, -0.05) is 0 Å². The van der Waals surface area contributed by atoms with E-state index in [2.05, 4.69) is 4.74 Å². The van der Waals surface area contributed by atoms with Crippen molar-refractivity contribution in [1.82, 2.24) is 9.80 Å². The minimum atomic E-state index is -0.632. The highest BCUT2D eigenvalue weighted by atomic mass is 16.6. The van der Waals surface area contributed by atoms with Crippen LogP contribution in [0.2, 0.25) is 0 Å². The molecule has 0 radical (unpaired) electrons. The van der Waals surface area contributed by atoms with Gasteiger partial charge < -0.3 is 14.2 Å². The summed E-state index contributed by atoms with van der Waals surface area (Å²) in [5.41, 5.74) is 0. The van der Waals surface area contributed by atoms with Gasteiger partial charge in [0.1, 0.15) is 12.6 Å². The Morgan fingerprint density at radius 1 is 1.37 bits per heavy atom. The molecular weight excluding hydrogens is 256 g/mol. The number of rotatable bonds is 3. The fourth-order valence-corrected chi connectivity index (χ4v) is 2.06. The molecule has 2 heterocycles. The first-order valence-corrected chi connectivity index (χ1v) is 6.00. The van der Waals surface area contributed by atoms with Crippen LogP contribution in [0.5, 0.6) is 0 Å². The number of morpholine rings is 1. The summed E-state index contributed by atoms with van der Waals surface area (Å²) in [6.07, 6.45) is -0.632. The zero-order chi connectivity index (χ0) is 13.8. The van der Waals surface area contributed by atoms with Crippen LogP contribution in [0.25, 0.3) is 0 Å². The van der Waals surface area contributed by atoms with Crippen LogP contribution in [-0.2, 0) is 23.8 Å². The van der Waals surface area contributed by atoms with Crippen LogP contribution in [0.1, 0.15) is 0 Å². The number of hydrogen-bond acceptors (Lipinski definition) is 7. The van der Waals surface area contributed by atoms with Gasteiger partial charge in [-0.3, -0.25) is 14.5 Å². The molecule has 0 N–H and O–H groups in total.